The number of fused-ring (bicyclic) bond motifs is 1. The van der Waals surface area contributed by atoms with Crippen molar-refractivity contribution in [3.8, 4) is 0 Å². The van der Waals surface area contributed by atoms with E-state index in [0.717, 1.165) is 24.8 Å². The number of aromatic nitrogens is 2. The Hall–Kier alpha value is -1.14. The Balaban J connectivity index is 2.25. The largest absolute Gasteiger partial charge is 0.449 e. The zero-order valence-corrected chi connectivity index (χ0v) is 12.9. The van der Waals surface area contributed by atoms with E-state index >= 15 is 0 Å². The molecule has 0 saturated heterocycles. The monoisotopic (exact) mass is 334 g/mol. The molecule has 114 valence electrons. The third-order valence-corrected chi connectivity index (χ3v) is 3.76. The SMILES string of the molecule is CCCCC=Cc1cc2[nH]c(SC(F)(F)F)nc2cc1Cl. The van der Waals surface area contributed by atoms with Crippen molar-refractivity contribution >= 4 is 40.5 Å². The van der Waals surface area contributed by atoms with Crippen LogP contribution in [-0.4, -0.2) is 15.5 Å². The predicted octanol–water partition coefficient (Wildman–Crippen LogP) is 6.03. The van der Waals surface area contributed by atoms with Gasteiger partial charge in [-0.1, -0.05) is 43.5 Å². The highest BCUT2D eigenvalue weighted by atomic mass is 35.5. The smallest absolute Gasteiger partial charge is 0.333 e. The van der Waals surface area contributed by atoms with Gasteiger partial charge in [0.05, 0.1) is 16.1 Å². The van der Waals surface area contributed by atoms with Crippen LogP contribution in [0.5, 0.6) is 0 Å². The van der Waals surface area contributed by atoms with Gasteiger partial charge in [0.1, 0.15) is 0 Å². The minimum absolute atomic E-state index is 0.180. The molecule has 2 rings (SSSR count). The molecule has 0 radical (unpaired) electrons. The lowest BCUT2D eigenvalue weighted by atomic mass is 10.1. The Bertz CT molecular complexity index is 649. The molecule has 0 spiro atoms. The summed E-state index contributed by atoms with van der Waals surface area (Å²) < 4.78 is 37.0. The van der Waals surface area contributed by atoms with Gasteiger partial charge in [-0.05, 0) is 24.1 Å². The van der Waals surface area contributed by atoms with Gasteiger partial charge in [0.15, 0.2) is 5.16 Å². The van der Waals surface area contributed by atoms with Crippen molar-refractivity contribution < 1.29 is 13.2 Å². The molecule has 1 aromatic carbocycles. The van der Waals surface area contributed by atoms with Crippen molar-refractivity contribution in [3.05, 3.63) is 28.8 Å². The molecule has 0 aliphatic rings. The normalized spacial score (nSPS) is 12.6. The number of imidazole rings is 1. The lowest BCUT2D eigenvalue weighted by Crippen LogP contribution is -1.99. The number of nitrogens with one attached hydrogen (secondary N) is 1. The first-order valence-electron chi connectivity index (χ1n) is 6.50. The fourth-order valence-electron chi connectivity index (χ4n) is 1.84. The van der Waals surface area contributed by atoms with Gasteiger partial charge in [-0.2, -0.15) is 13.2 Å². The van der Waals surface area contributed by atoms with Gasteiger partial charge >= 0.3 is 5.51 Å². The molecule has 0 bridgehead atoms. The number of allylic oxidation sites excluding steroid dienone is 1. The van der Waals surface area contributed by atoms with Crippen molar-refractivity contribution in [1.82, 2.24) is 9.97 Å². The zero-order chi connectivity index (χ0) is 15.5. The van der Waals surface area contributed by atoms with Gasteiger partial charge in [0, 0.05) is 11.8 Å². The third kappa shape index (κ3) is 4.68. The molecule has 7 heteroatoms. The molecule has 2 nitrogen and oxygen atoms in total. The maximum atomic E-state index is 12.3. The van der Waals surface area contributed by atoms with Crippen LogP contribution in [0.1, 0.15) is 31.7 Å². The molecule has 1 N–H and O–H groups in total. The molecular formula is C14H14ClF3N2S. The van der Waals surface area contributed by atoms with Gasteiger partial charge < -0.3 is 4.98 Å². The molecule has 0 atom stereocenters. The minimum Gasteiger partial charge on any atom is -0.333 e. The summed E-state index contributed by atoms with van der Waals surface area (Å²) >= 11 is 5.86. The molecule has 0 aliphatic carbocycles. The molecule has 0 unspecified atom stereocenters. The number of H-pyrrole nitrogens is 1. The summed E-state index contributed by atoms with van der Waals surface area (Å²) in [6.07, 6.45) is 7.04. The number of nitrogens with zero attached hydrogens (tertiary/aromatic N) is 1. The van der Waals surface area contributed by atoms with Crippen LogP contribution < -0.4 is 0 Å². The van der Waals surface area contributed by atoms with E-state index < -0.39 is 5.51 Å². The average molecular weight is 335 g/mol. The molecule has 0 aliphatic heterocycles. The van der Waals surface area contributed by atoms with Crippen LogP contribution in [0.2, 0.25) is 5.02 Å². The molecule has 0 amide bonds. The van der Waals surface area contributed by atoms with Crippen LogP contribution in [0, 0.1) is 0 Å². The van der Waals surface area contributed by atoms with Crippen LogP contribution in [0.15, 0.2) is 23.4 Å². The maximum Gasteiger partial charge on any atom is 0.449 e. The molecule has 0 saturated carbocycles. The van der Waals surface area contributed by atoms with Crippen molar-refractivity contribution in [3.63, 3.8) is 0 Å². The Kier molecular flexibility index (Phi) is 5.22. The summed E-state index contributed by atoms with van der Waals surface area (Å²) in [6, 6.07) is 3.29. The van der Waals surface area contributed by atoms with Crippen LogP contribution in [0.3, 0.4) is 0 Å². The third-order valence-electron chi connectivity index (χ3n) is 2.81. The minimum atomic E-state index is -4.36. The second-order valence-corrected chi connectivity index (χ2v) is 5.99. The number of alkyl halides is 3. The number of hydrogen-bond acceptors (Lipinski definition) is 2. The number of unbranched alkanes of at least 4 members (excludes halogenated alkanes) is 2. The summed E-state index contributed by atoms with van der Waals surface area (Å²) in [5.41, 5.74) is -2.62. The maximum absolute atomic E-state index is 12.3. The number of aromatic amines is 1. The first kappa shape index (κ1) is 16.2. The highest BCUT2D eigenvalue weighted by Gasteiger charge is 2.31. The van der Waals surface area contributed by atoms with E-state index in [1.807, 2.05) is 12.2 Å². The summed E-state index contributed by atoms with van der Waals surface area (Å²) in [6.45, 7) is 2.11. The fourth-order valence-corrected chi connectivity index (χ4v) is 2.59. The molecule has 21 heavy (non-hydrogen) atoms. The van der Waals surface area contributed by atoms with Gasteiger partial charge in [-0.15, -0.1) is 0 Å². The van der Waals surface area contributed by atoms with Gasteiger partial charge in [-0.25, -0.2) is 4.98 Å². The van der Waals surface area contributed by atoms with E-state index in [2.05, 4.69) is 16.9 Å². The molecular weight excluding hydrogens is 321 g/mol. The highest BCUT2D eigenvalue weighted by molar-refractivity contribution is 8.00. The molecule has 0 fully saturated rings. The first-order chi connectivity index (χ1) is 9.89. The van der Waals surface area contributed by atoms with Crippen LogP contribution in [0.4, 0.5) is 13.2 Å². The van der Waals surface area contributed by atoms with E-state index in [0.29, 0.717) is 16.1 Å². The lowest BCUT2D eigenvalue weighted by Gasteiger charge is -2.00. The summed E-state index contributed by atoms with van der Waals surface area (Å²) in [5.74, 6) is 0. The number of benzene rings is 1. The van der Waals surface area contributed by atoms with E-state index in [-0.39, 0.29) is 16.9 Å². The van der Waals surface area contributed by atoms with Crippen molar-refractivity contribution in [1.29, 1.82) is 0 Å². The Labute approximate surface area is 129 Å². The standard InChI is InChI=1S/C14H14ClF3N2S/c1-2-3-4-5-6-9-7-11-12(8-10(9)15)20-13(19-11)21-14(16,17)18/h5-8H,2-4H2,1H3,(H,19,20). The lowest BCUT2D eigenvalue weighted by molar-refractivity contribution is -0.0330. The van der Waals surface area contributed by atoms with Gasteiger partial charge in [0.2, 0.25) is 0 Å². The molecule has 1 aromatic heterocycles. The Morgan fingerprint density at radius 2 is 2.14 bits per heavy atom. The summed E-state index contributed by atoms with van der Waals surface area (Å²) in [4.78, 5) is 6.55. The fraction of sp³-hybridized carbons (Fsp3) is 0.357. The highest BCUT2D eigenvalue weighted by Crippen LogP contribution is 2.36. The topological polar surface area (TPSA) is 28.7 Å². The van der Waals surface area contributed by atoms with Crippen LogP contribution in [0.25, 0.3) is 17.1 Å². The van der Waals surface area contributed by atoms with Crippen molar-refractivity contribution in [2.45, 2.75) is 36.9 Å². The average Bonchev–Trinajstić information content (AvgIpc) is 2.73. The Morgan fingerprint density at radius 1 is 1.38 bits per heavy atom. The van der Waals surface area contributed by atoms with E-state index in [9.17, 15) is 13.2 Å². The van der Waals surface area contributed by atoms with Gasteiger partial charge in [-0.3, -0.25) is 0 Å². The van der Waals surface area contributed by atoms with Crippen LogP contribution in [-0.2, 0) is 0 Å². The summed E-state index contributed by atoms with van der Waals surface area (Å²) in [5, 5.41) is 0.297. The number of thioether (sulfide) groups is 1. The van der Waals surface area contributed by atoms with Crippen molar-refractivity contribution in [2.75, 3.05) is 0 Å². The first-order valence-corrected chi connectivity index (χ1v) is 7.70. The van der Waals surface area contributed by atoms with E-state index in [1.165, 1.54) is 0 Å². The number of hydrogen-bond donors (Lipinski definition) is 1. The quantitative estimate of drug-likeness (QED) is 0.534. The van der Waals surface area contributed by atoms with Gasteiger partial charge in [0.25, 0.3) is 0 Å². The predicted molar refractivity (Wildman–Crippen MR) is 81.6 cm³/mol. The second kappa shape index (κ2) is 6.75. The molecule has 1 heterocycles. The zero-order valence-electron chi connectivity index (χ0n) is 11.3. The van der Waals surface area contributed by atoms with Crippen LogP contribution >= 0.6 is 23.4 Å². The van der Waals surface area contributed by atoms with Crippen molar-refractivity contribution in [2.24, 2.45) is 0 Å². The van der Waals surface area contributed by atoms with E-state index in [1.54, 1.807) is 12.1 Å². The van der Waals surface area contributed by atoms with E-state index in [4.69, 9.17) is 11.6 Å². The summed E-state index contributed by atoms with van der Waals surface area (Å²) in [7, 11) is 0. The molecule has 2 aromatic rings. The number of rotatable bonds is 5. The number of halogens is 4. The second-order valence-electron chi connectivity index (χ2n) is 4.53. The Morgan fingerprint density at radius 3 is 2.81 bits per heavy atom.